The third-order valence-electron chi connectivity index (χ3n) is 5.83. The van der Waals surface area contributed by atoms with E-state index >= 15 is 0 Å². The van der Waals surface area contributed by atoms with Crippen molar-refractivity contribution in [2.45, 2.75) is 25.7 Å². The SMILES string of the molecule is COc1cc(NC(=O)CCC2CCCN(C(=O)c3cccc(N(C)C)c3)C2)cc(OC)c1. The largest absolute Gasteiger partial charge is 0.497 e. The van der Waals surface area contributed by atoms with Gasteiger partial charge in [0.15, 0.2) is 0 Å². The van der Waals surface area contributed by atoms with E-state index in [2.05, 4.69) is 5.32 Å². The van der Waals surface area contributed by atoms with Gasteiger partial charge in [0.1, 0.15) is 11.5 Å². The topological polar surface area (TPSA) is 71.1 Å². The van der Waals surface area contributed by atoms with Gasteiger partial charge in [0, 0.05) is 68.7 Å². The number of hydrogen-bond acceptors (Lipinski definition) is 5. The van der Waals surface area contributed by atoms with E-state index in [4.69, 9.17) is 9.47 Å². The van der Waals surface area contributed by atoms with Gasteiger partial charge in [-0.05, 0) is 43.4 Å². The molecule has 2 aromatic rings. The molecular formula is C25H33N3O4. The molecule has 2 aromatic carbocycles. The van der Waals surface area contributed by atoms with E-state index in [9.17, 15) is 9.59 Å². The summed E-state index contributed by atoms with van der Waals surface area (Å²) in [6.07, 6.45) is 3.14. The minimum Gasteiger partial charge on any atom is -0.497 e. The van der Waals surface area contributed by atoms with Crippen molar-refractivity contribution in [1.82, 2.24) is 4.90 Å². The molecule has 7 nitrogen and oxygen atoms in total. The molecule has 0 spiro atoms. The number of piperidine rings is 1. The Morgan fingerprint density at radius 2 is 1.81 bits per heavy atom. The summed E-state index contributed by atoms with van der Waals surface area (Å²) in [7, 11) is 7.08. The molecule has 0 bridgehead atoms. The van der Waals surface area contributed by atoms with Gasteiger partial charge in [-0.2, -0.15) is 0 Å². The first-order chi connectivity index (χ1) is 15.4. The number of carbonyl (C=O) groups is 2. The second-order valence-corrected chi connectivity index (χ2v) is 8.39. The number of anilines is 2. The molecule has 1 aliphatic rings. The summed E-state index contributed by atoms with van der Waals surface area (Å²) < 4.78 is 10.5. The minimum absolute atomic E-state index is 0.0533. The maximum Gasteiger partial charge on any atom is 0.253 e. The summed E-state index contributed by atoms with van der Waals surface area (Å²) in [5, 5.41) is 2.92. The predicted octanol–water partition coefficient (Wildman–Crippen LogP) is 4.04. The molecule has 1 atom stereocenters. The number of methoxy groups -OCH3 is 2. The molecule has 2 amide bonds. The van der Waals surface area contributed by atoms with Gasteiger partial charge in [-0.3, -0.25) is 9.59 Å². The van der Waals surface area contributed by atoms with Crippen molar-refractivity contribution in [2.24, 2.45) is 5.92 Å². The Hall–Kier alpha value is -3.22. The highest BCUT2D eigenvalue weighted by atomic mass is 16.5. The van der Waals surface area contributed by atoms with E-state index in [1.54, 1.807) is 32.4 Å². The first kappa shape index (κ1) is 23.4. The van der Waals surface area contributed by atoms with E-state index in [0.717, 1.165) is 31.5 Å². The van der Waals surface area contributed by atoms with E-state index < -0.39 is 0 Å². The lowest BCUT2D eigenvalue weighted by Crippen LogP contribution is -2.40. The molecule has 1 saturated heterocycles. The normalized spacial score (nSPS) is 15.8. The van der Waals surface area contributed by atoms with Crippen LogP contribution in [-0.2, 0) is 4.79 Å². The number of ether oxygens (including phenoxy) is 2. The molecule has 1 heterocycles. The van der Waals surface area contributed by atoms with Crippen molar-refractivity contribution in [3.63, 3.8) is 0 Å². The number of hydrogen-bond donors (Lipinski definition) is 1. The van der Waals surface area contributed by atoms with Crippen LogP contribution in [0.1, 0.15) is 36.0 Å². The molecule has 1 fully saturated rings. The number of nitrogens with one attached hydrogen (secondary N) is 1. The Labute approximate surface area is 190 Å². The highest BCUT2D eigenvalue weighted by Crippen LogP contribution is 2.27. The fraction of sp³-hybridized carbons (Fsp3) is 0.440. The average molecular weight is 440 g/mol. The Morgan fingerprint density at radius 1 is 1.09 bits per heavy atom. The molecule has 0 aromatic heterocycles. The van der Waals surface area contributed by atoms with E-state index in [-0.39, 0.29) is 11.8 Å². The molecular weight excluding hydrogens is 406 g/mol. The Morgan fingerprint density at radius 3 is 2.47 bits per heavy atom. The Balaban J connectivity index is 1.54. The minimum atomic E-state index is -0.0533. The summed E-state index contributed by atoms with van der Waals surface area (Å²) in [4.78, 5) is 29.5. The number of rotatable bonds is 8. The first-order valence-electron chi connectivity index (χ1n) is 11.0. The van der Waals surface area contributed by atoms with Crippen LogP contribution in [0.15, 0.2) is 42.5 Å². The summed E-state index contributed by atoms with van der Waals surface area (Å²) in [6.45, 7) is 1.45. The lowest BCUT2D eigenvalue weighted by atomic mass is 9.92. The molecule has 0 saturated carbocycles. The zero-order valence-electron chi connectivity index (χ0n) is 19.4. The molecule has 32 heavy (non-hydrogen) atoms. The summed E-state index contributed by atoms with van der Waals surface area (Å²) >= 11 is 0. The highest BCUT2D eigenvalue weighted by Gasteiger charge is 2.25. The third kappa shape index (κ3) is 6.15. The zero-order valence-corrected chi connectivity index (χ0v) is 19.4. The number of benzene rings is 2. The van der Waals surface area contributed by atoms with Crippen LogP contribution in [0.2, 0.25) is 0 Å². The maximum atomic E-state index is 13.0. The van der Waals surface area contributed by atoms with Gasteiger partial charge in [0.05, 0.1) is 14.2 Å². The van der Waals surface area contributed by atoms with Crippen LogP contribution in [0.5, 0.6) is 11.5 Å². The van der Waals surface area contributed by atoms with Gasteiger partial charge >= 0.3 is 0 Å². The van der Waals surface area contributed by atoms with Crippen molar-refractivity contribution in [3.05, 3.63) is 48.0 Å². The zero-order chi connectivity index (χ0) is 23.1. The van der Waals surface area contributed by atoms with Crippen molar-refractivity contribution >= 4 is 23.2 Å². The van der Waals surface area contributed by atoms with Gasteiger partial charge < -0.3 is 24.6 Å². The van der Waals surface area contributed by atoms with Crippen LogP contribution in [0, 0.1) is 5.92 Å². The number of likely N-dealkylation sites (tertiary alicyclic amines) is 1. The molecule has 0 radical (unpaired) electrons. The Bertz CT molecular complexity index is 922. The maximum absolute atomic E-state index is 13.0. The number of amides is 2. The van der Waals surface area contributed by atoms with Crippen LogP contribution >= 0.6 is 0 Å². The van der Waals surface area contributed by atoms with Gasteiger partial charge in [-0.1, -0.05) is 6.07 Å². The highest BCUT2D eigenvalue weighted by molar-refractivity contribution is 5.95. The van der Waals surface area contributed by atoms with Gasteiger partial charge in [-0.15, -0.1) is 0 Å². The van der Waals surface area contributed by atoms with Crippen LogP contribution in [0.25, 0.3) is 0 Å². The summed E-state index contributed by atoms with van der Waals surface area (Å²) in [6, 6.07) is 13.0. The fourth-order valence-electron chi connectivity index (χ4n) is 4.02. The standard InChI is InChI=1S/C25H33N3O4/c1-27(2)21-9-5-8-19(13-21)25(30)28-12-6-7-18(17-28)10-11-24(29)26-20-14-22(31-3)16-23(15-20)32-4/h5,8-9,13-16,18H,6-7,10-12,17H2,1-4H3,(H,26,29). The van der Waals surface area contributed by atoms with Gasteiger partial charge in [0.2, 0.25) is 5.91 Å². The van der Waals surface area contributed by atoms with Gasteiger partial charge in [0.25, 0.3) is 5.91 Å². The van der Waals surface area contributed by atoms with Crippen LogP contribution in [-0.4, -0.2) is 58.1 Å². The molecule has 1 aliphatic heterocycles. The van der Waals surface area contributed by atoms with Crippen molar-refractivity contribution in [3.8, 4) is 11.5 Å². The average Bonchev–Trinajstić information content (AvgIpc) is 2.82. The van der Waals surface area contributed by atoms with Crippen molar-refractivity contribution in [1.29, 1.82) is 0 Å². The van der Waals surface area contributed by atoms with E-state index in [1.165, 1.54) is 0 Å². The second-order valence-electron chi connectivity index (χ2n) is 8.39. The third-order valence-corrected chi connectivity index (χ3v) is 5.83. The second kappa shape index (κ2) is 10.9. The number of carbonyl (C=O) groups excluding carboxylic acids is 2. The molecule has 172 valence electrons. The molecule has 0 aliphatic carbocycles. The molecule has 3 rings (SSSR count). The lowest BCUT2D eigenvalue weighted by molar-refractivity contribution is -0.116. The van der Waals surface area contributed by atoms with E-state index in [1.807, 2.05) is 48.2 Å². The van der Waals surface area contributed by atoms with Crippen molar-refractivity contribution < 1.29 is 19.1 Å². The molecule has 1 N–H and O–H groups in total. The Kier molecular flexibility index (Phi) is 7.98. The smallest absolute Gasteiger partial charge is 0.253 e. The number of nitrogens with zero attached hydrogens (tertiary/aromatic N) is 2. The summed E-state index contributed by atoms with van der Waals surface area (Å²) in [5.41, 5.74) is 2.37. The van der Waals surface area contributed by atoms with Crippen molar-refractivity contribution in [2.75, 3.05) is 51.6 Å². The van der Waals surface area contributed by atoms with Gasteiger partial charge in [-0.25, -0.2) is 0 Å². The molecule has 7 heteroatoms. The predicted molar refractivity (Wildman–Crippen MR) is 127 cm³/mol. The first-order valence-corrected chi connectivity index (χ1v) is 11.0. The fourth-order valence-corrected chi connectivity index (χ4v) is 4.02. The van der Waals surface area contributed by atoms with Crippen LogP contribution in [0.4, 0.5) is 11.4 Å². The quantitative estimate of drug-likeness (QED) is 0.672. The lowest BCUT2D eigenvalue weighted by Gasteiger charge is -2.33. The van der Waals surface area contributed by atoms with Crippen LogP contribution < -0.4 is 19.7 Å². The summed E-state index contributed by atoms with van der Waals surface area (Å²) in [5.74, 6) is 1.57. The monoisotopic (exact) mass is 439 g/mol. The van der Waals surface area contributed by atoms with Crippen LogP contribution in [0.3, 0.4) is 0 Å². The molecule has 1 unspecified atom stereocenters. The van der Waals surface area contributed by atoms with E-state index in [0.29, 0.717) is 41.6 Å².